The second-order valence-electron chi connectivity index (χ2n) is 7.21. The third-order valence-electron chi connectivity index (χ3n) is 4.98. The van der Waals surface area contributed by atoms with Gasteiger partial charge in [0.2, 0.25) is 5.91 Å². The molecule has 0 saturated carbocycles. The summed E-state index contributed by atoms with van der Waals surface area (Å²) in [6.45, 7) is 5.38. The summed E-state index contributed by atoms with van der Waals surface area (Å²) in [5.41, 5.74) is 3.29. The summed E-state index contributed by atoms with van der Waals surface area (Å²) in [5.74, 6) is -0.429. The number of nitrogens with zero attached hydrogens (tertiary/aromatic N) is 2. The second-order valence-corrected chi connectivity index (χ2v) is 7.21. The quantitative estimate of drug-likeness (QED) is 0.549. The predicted molar refractivity (Wildman–Crippen MR) is 115 cm³/mol. The number of rotatable bonds is 3. The maximum Gasteiger partial charge on any atom is 0.417 e. The zero-order valence-electron chi connectivity index (χ0n) is 16.6. The number of alkyl halides is 3. The van der Waals surface area contributed by atoms with Crippen molar-refractivity contribution in [2.24, 2.45) is 4.99 Å². The lowest BCUT2D eigenvalue weighted by Crippen LogP contribution is -2.15. The van der Waals surface area contributed by atoms with E-state index >= 15 is 0 Å². The van der Waals surface area contributed by atoms with Crippen LogP contribution in [0.5, 0.6) is 0 Å². The average molecular weight is 421 g/mol. The Labute approximate surface area is 177 Å². The van der Waals surface area contributed by atoms with Gasteiger partial charge in [-0.15, -0.1) is 0 Å². The first kappa shape index (κ1) is 20.5. The number of aromatic nitrogens is 1. The topological polar surface area (TPSA) is 54.4 Å². The highest BCUT2D eigenvalue weighted by atomic mass is 19.4. The minimum absolute atomic E-state index is 0.0267. The zero-order valence-corrected chi connectivity index (χ0v) is 16.6. The number of anilines is 1. The molecular formula is C24H18F3N3O. The van der Waals surface area contributed by atoms with E-state index in [4.69, 9.17) is 0 Å². The third-order valence-corrected chi connectivity index (χ3v) is 4.98. The number of fused-ring (bicyclic) bond motifs is 1. The molecule has 2 aromatic carbocycles. The Bertz CT molecular complexity index is 1230. The van der Waals surface area contributed by atoms with Crippen LogP contribution in [0.15, 0.2) is 66.3 Å². The Kier molecular flexibility index (Phi) is 5.19. The number of aryl methyl sites for hydroxylation is 1. The molecular weight excluding hydrogens is 403 g/mol. The largest absolute Gasteiger partial charge is 0.417 e. The van der Waals surface area contributed by atoms with Gasteiger partial charge in [-0.1, -0.05) is 30.9 Å². The molecule has 1 aliphatic heterocycles. The molecule has 0 spiro atoms. The van der Waals surface area contributed by atoms with Gasteiger partial charge in [0.05, 0.1) is 29.1 Å². The summed E-state index contributed by atoms with van der Waals surface area (Å²) in [5, 5.41) is 2.54. The minimum Gasteiger partial charge on any atom is -0.324 e. The zero-order chi connectivity index (χ0) is 22.2. The predicted octanol–water partition coefficient (Wildman–Crippen LogP) is 6.18. The van der Waals surface area contributed by atoms with Gasteiger partial charge in [-0.25, -0.2) is 0 Å². The minimum atomic E-state index is -4.57. The van der Waals surface area contributed by atoms with E-state index in [1.54, 1.807) is 6.20 Å². The number of hydrogen-bond acceptors (Lipinski definition) is 3. The summed E-state index contributed by atoms with van der Waals surface area (Å²) in [6, 6.07) is 13.6. The summed E-state index contributed by atoms with van der Waals surface area (Å²) in [4.78, 5) is 21.2. The van der Waals surface area contributed by atoms with Crippen LogP contribution < -0.4 is 5.32 Å². The highest BCUT2D eigenvalue weighted by Gasteiger charge is 2.34. The van der Waals surface area contributed by atoms with E-state index in [0.717, 1.165) is 34.5 Å². The molecule has 1 aliphatic rings. The van der Waals surface area contributed by atoms with Crippen molar-refractivity contribution in [3.8, 4) is 11.1 Å². The SMILES string of the molecule is C=Cc1cc2c(cc1C(F)(F)F)NC(=O)CC(c1cccc(-c3ccnc(C)c3)c1)=N2. The highest BCUT2D eigenvalue weighted by Crippen LogP contribution is 2.40. The lowest BCUT2D eigenvalue weighted by molar-refractivity contribution is -0.137. The molecule has 1 N–H and O–H groups in total. The first-order chi connectivity index (χ1) is 14.7. The van der Waals surface area contributed by atoms with Gasteiger partial charge in [0, 0.05) is 11.9 Å². The molecule has 0 unspecified atom stereocenters. The molecule has 1 amide bonds. The van der Waals surface area contributed by atoms with Crippen LogP contribution in [-0.2, 0) is 11.0 Å². The van der Waals surface area contributed by atoms with Crippen molar-refractivity contribution >= 4 is 29.1 Å². The van der Waals surface area contributed by atoms with E-state index in [1.807, 2.05) is 43.3 Å². The lowest BCUT2D eigenvalue weighted by atomic mass is 10.00. The molecule has 2 heterocycles. The van der Waals surface area contributed by atoms with Crippen LogP contribution >= 0.6 is 0 Å². The number of pyridine rings is 1. The van der Waals surface area contributed by atoms with Gasteiger partial charge in [-0.3, -0.25) is 14.8 Å². The van der Waals surface area contributed by atoms with Crippen molar-refractivity contribution in [3.63, 3.8) is 0 Å². The average Bonchev–Trinajstić information content (AvgIpc) is 2.89. The molecule has 0 atom stereocenters. The number of aliphatic imine (C=N–C) groups is 1. The van der Waals surface area contributed by atoms with Gasteiger partial charge in [0.1, 0.15) is 0 Å². The van der Waals surface area contributed by atoms with E-state index in [-0.39, 0.29) is 23.4 Å². The molecule has 156 valence electrons. The van der Waals surface area contributed by atoms with Crippen molar-refractivity contribution in [1.82, 2.24) is 4.98 Å². The van der Waals surface area contributed by atoms with Gasteiger partial charge in [-0.2, -0.15) is 13.2 Å². The maximum atomic E-state index is 13.4. The highest BCUT2D eigenvalue weighted by molar-refractivity contribution is 6.17. The normalized spacial score (nSPS) is 13.7. The summed E-state index contributed by atoms with van der Waals surface area (Å²) >= 11 is 0. The number of carbonyl (C=O) groups is 1. The number of benzene rings is 2. The van der Waals surface area contributed by atoms with Crippen LogP contribution in [-0.4, -0.2) is 16.6 Å². The van der Waals surface area contributed by atoms with Crippen LogP contribution in [0.1, 0.15) is 28.8 Å². The molecule has 1 aromatic heterocycles. The molecule has 31 heavy (non-hydrogen) atoms. The Morgan fingerprint density at radius 3 is 2.52 bits per heavy atom. The monoisotopic (exact) mass is 421 g/mol. The van der Waals surface area contributed by atoms with E-state index in [0.29, 0.717) is 5.71 Å². The van der Waals surface area contributed by atoms with E-state index in [1.165, 1.54) is 6.07 Å². The Balaban J connectivity index is 1.82. The first-order valence-electron chi connectivity index (χ1n) is 9.53. The van der Waals surface area contributed by atoms with Gasteiger partial charge in [0.15, 0.2) is 0 Å². The fourth-order valence-corrected chi connectivity index (χ4v) is 3.51. The Hall–Kier alpha value is -3.74. The summed E-state index contributed by atoms with van der Waals surface area (Å²) < 4.78 is 40.1. The number of halogens is 3. The number of hydrogen-bond donors (Lipinski definition) is 1. The van der Waals surface area contributed by atoms with E-state index in [9.17, 15) is 18.0 Å². The fraction of sp³-hybridized carbons (Fsp3) is 0.125. The van der Waals surface area contributed by atoms with Crippen LogP contribution in [0.25, 0.3) is 17.2 Å². The van der Waals surface area contributed by atoms with Crippen molar-refractivity contribution < 1.29 is 18.0 Å². The summed E-state index contributed by atoms with van der Waals surface area (Å²) in [7, 11) is 0. The van der Waals surface area contributed by atoms with Crippen LogP contribution in [0, 0.1) is 6.92 Å². The molecule has 0 saturated heterocycles. The van der Waals surface area contributed by atoms with Crippen molar-refractivity contribution in [1.29, 1.82) is 0 Å². The van der Waals surface area contributed by atoms with E-state index in [2.05, 4.69) is 21.9 Å². The molecule has 0 radical (unpaired) electrons. The Morgan fingerprint density at radius 1 is 1.06 bits per heavy atom. The second kappa shape index (κ2) is 7.83. The van der Waals surface area contributed by atoms with Crippen molar-refractivity contribution in [2.45, 2.75) is 19.5 Å². The Morgan fingerprint density at radius 2 is 1.81 bits per heavy atom. The van der Waals surface area contributed by atoms with Crippen molar-refractivity contribution in [3.05, 3.63) is 83.7 Å². The van der Waals surface area contributed by atoms with Crippen molar-refractivity contribution in [2.75, 3.05) is 5.32 Å². The third kappa shape index (κ3) is 4.26. The fourth-order valence-electron chi connectivity index (χ4n) is 3.51. The standard InChI is InChI=1S/C24H18F3N3O/c1-3-15-11-21-22(12-19(15)24(25,26)27)30-23(31)13-20(29-21)18-6-4-5-16(10-18)17-7-8-28-14(2)9-17/h3-12H,1,13H2,2H3,(H,30,31). The number of amides is 1. The molecule has 4 rings (SSSR count). The van der Waals surface area contributed by atoms with Crippen LogP contribution in [0.2, 0.25) is 0 Å². The van der Waals surface area contributed by atoms with E-state index < -0.39 is 17.6 Å². The van der Waals surface area contributed by atoms with Gasteiger partial charge >= 0.3 is 6.18 Å². The number of carbonyl (C=O) groups excluding carboxylic acids is 1. The molecule has 4 nitrogen and oxygen atoms in total. The number of nitrogens with one attached hydrogen (secondary N) is 1. The van der Waals surface area contributed by atoms with Gasteiger partial charge in [0.25, 0.3) is 0 Å². The molecule has 7 heteroatoms. The first-order valence-corrected chi connectivity index (χ1v) is 9.53. The molecule has 3 aromatic rings. The maximum absolute atomic E-state index is 13.4. The van der Waals surface area contributed by atoms with Gasteiger partial charge < -0.3 is 5.32 Å². The smallest absolute Gasteiger partial charge is 0.324 e. The summed E-state index contributed by atoms with van der Waals surface area (Å²) in [6.07, 6.45) is -1.77. The van der Waals surface area contributed by atoms with Crippen LogP contribution in [0.4, 0.5) is 24.5 Å². The van der Waals surface area contributed by atoms with Crippen LogP contribution in [0.3, 0.4) is 0 Å². The van der Waals surface area contributed by atoms with Gasteiger partial charge in [-0.05, 0) is 59.5 Å². The molecule has 0 aliphatic carbocycles. The lowest BCUT2D eigenvalue weighted by Gasteiger charge is -2.14. The molecule has 0 fully saturated rings. The molecule has 0 bridgehead atoms.